The highest BCUT2D eigenvalue weighted by Gasteiger charge is 2.24. The smallest absolute Gasteiger partial charge is 0.417 e. The molecule has 0 unspecified atom stereocenters. The number of carbonyl (C=O) groups is 2. The van der Waals surface area contributed by atoms with Crippen LogP contribution in [0, 0.1) is 0 Å². The fourth-order valence-corrected chi connectivity index (χ4v) is 1.19. The van der Waals surface area contributed by atoms with Gasteiger partial charge in [0.05, 0.1) is 0 Å². The quantitative estimate of drug-likeness (QED) is 0.751. The van der Waals surface area contributed by atoms with Crippen LogP contribution in [0.25, 0.3) is 0 Å². The summed E-state index contributed by atoms with van der Waals surface area (Å²) in [5, 5.41) is 0. The highest BCUT2D eigenvalue weighted by Crippen LogP contribution is 2.11. The second-order valence-electron chi connectivity index (χ2n) is 4.71. The van der Waals surface area contributed by atoms with Crippen LogP contribution in [0.4, 0.5) is 4.79 Å². The Labute approximate surface area is 101 Å². The van der Waals surface area contributed by atoms with Crippen molar-refractivity contribution in [1.29, 1.82) is 0 Å². The van der Waals surface area contributed by atoms with Crippen molar-refractivity contribution in [3.8, 4) is 0 Å². The molecule has 0 N–H and O–H groups in total. The van der Waals surface area contributed by atoms with Crippen molar-refractivity contribution in [3.05, 3.63) is 35.9 Å². The zero-order chi connectivity index (χ0) is 13.1. The van der Waals surface area contributed by atoms with E-state index in [2.05, 4.69) is 0 Å². The monoisotopic (exact) mass is 235 g/mol. The molecule has 0 aromatic heterocycles. The summed E-state index contributed by atoms with van der Waals surface area (Å²) in [5.41, 5.74) is -0.150. The summed E-state index contributed by atoms with van der Waals surface area (Å²) in [5.74, 6) is -0.375. The number of carbonyl (C=O) groups excluding carboxylic acids is 2. The fourth-order valence-electron chi connectivity index (χ4n) is 1.19. The molecule has 0 atom stereocenters. The summed E-state index contributed by atoms with van der Waals surface area (Å²) in [6.45, 7) is 5.27. The first-order chi connectivity index (χ1) is 7.81. The van der Waals surface area contributed by atoms with E-state index in [4.69, 9.17) is 4.74 Å². The Bertz CT molecular complexity index is 406. The first kappa shape index (κ1) is 13.2. The maximum atomic E-state index is 11.9. The summed E-state index contributed by atoms with van der Waals surface area (Å²) >= 11 is 0. The van der Waals surface area contributed by atoms with Crippen LogP contribution in [0.2, 0.25) is 0 Å². The largest absolute Gasteiger partial charge is 0.443 e. The minimum Gasteiger partial charge on any atom is -0.443 e. The molecule has 1 aromatic rings. The van der Waals surface area contributed by atoms with Gasteiger partial charge < -0.3 is 4.74 Å². The van der Waals surface area contributed by atoms with E-state index >= 15 is 0 Å². The Morgan fingerprint density at radius 3 is 2.12 bits per heavy atom. The van der Waals surface area contributed by atoms with Gasteiger partial charge in [-0.15, -0.1) is 0 Å². The van der Waals surface area contributed by atoms with Gasteiger partial charge in [0.15, 0.2) is 0 Å². The van der Waals surface area contributed by atoms with Crippen LogP contribution in [0.3, 0.4) is 0 Å². The third-order valence-electron chi connectivity index (χ3n) is 1.99. The van der Waals surface area contributed by atoms with Gasteiger partial charge in [-0.05, 0) is 32.9 Å². The second-order valence-corrected chi connectivity index (χ2v) is 4.71. The molecule has 0 spiro atoms. The van der Waals surface area contributed by atoms with Crippen molar-refractivity contribution in [3.63, 3.8) is 0 Å². The topological polar surface area (TPSA) is 46.6 Å². The zero-order valence-corrected chi connectivity index (χ0v) is 10.6. The van der Waals surface area contributed by atoms with Crippen molar-refractivity contribution in [1.82, 2.24) is 4.90 Å². The lowest BCUT2D eigenvalue weighted by Crippen LogP contribution is -2.38. The number of amides is 2. The number of imide groups is 1. The lowest BCUT2D eigenvalue weighted by molar-refractivity contribution is 0.0285. The molecule has 0 saturated heterocycles. The Morgan fingerprint density at radius 2 is 1.65 bits per heavy atom. The maximum Gasteiger partial charge on any atom is 0.417 e. The van der Waals surface area contributed by atoms with E-state index in [1.165, 1.54) is 7.05 Å². The normalized spacial score (nSPS) is 10.8. The molecule has 0 aliphatic rings. The van der Waals surface area contributed by atoms with Crippen molar-refractivity contribution in [2.45, 2.75) is 26.4 Å². The van der Waals surface area contributed by atoms with Crippen LogP contribution >= 0.6 is 0 Å². The molecule has 1 aromatic carbocycles. The van der Waals surface area contributed by atoms with E-state index in [0.717, 1.165) is 4.90 Å². The van der Waals surface area contributed by atoms with Gasteiger partial charge in [-0.1, -0.05) is 18.2 Å². The third kappa shape index (κ3) is 3.90. The number of rotatable bonds is 1. The molecular formula is C13H17NO3. The molecular weight excluding hydrogens is 218 g/mol. The lowest BCUT2D eigenvalue weighted by atomic mass is 10.2. The molecule has 2 amide bonds. The number of hydrogen-bond donors (Lipinski definition) is 0. The van der Waals surface area contributed by atoms with Crippen molar-refractivity contribution in [2.24, 2.45) is 0 Å². The number of ether oxygens (including phenoxy) is 1. The standard InChI is InChI=1S/C13H17NO3/c1-13(2,3)17-12(16)14(4)11(15)10-8-6-5-7-9-10/h5-9H,1-4H3. The molecule has 1 rings (SSSR count). The molecule has 4 heteroatoms. The Hall–Kier alpha value is -1.84. The Balaban J connectivity index is 2.74. The molecule has 0 radical (unpaired) electrons. The highest BCUT2D eigenvalue weighted by molar-refractivity contribution is 6.02. The van der Waals surface area contributed by atoms with Crippen molar-refractivity contribution in [2.75, 3.05) is 7.05 Å². The van der Waals surface area contributed by atoms with E-state index in [9.17, 15) is 9.59 Å². The Morgan fingerprint density at radius 1 is 1.12 bits per heavy atom. The molecule has 0 bridgehead atoms. The minimum absolute atomic E-state index is 0.375. The van der Waals surface area contributed by atoms with Gasteiger partial charge in [0.1, 0.15) is 5.60 Å². The van der Waals surface area contributed by atoms with E-state index in [0.29, 0.717) is 5.56 Å². The van der Waals surface area contributed by atoms with Gasteiger partial charge in [-0.2, -0.15) is 0 Å². The van der Waals surface area contributed by atoms with Crippen molar-refractivity contribution >= 4 is 12.0 Å². The third-order valence-corrected chi connectivity index (χ3v) is 1.99. The van der Waals surface area contributed by atoms with Crippen molar-refractivity contribution < 1.29 is 14.3 Å². The van der Waals surface area contributed by atoms with E-state index in [-0.39, 0.29) is 5.91 Å². The molecule has 17 heavy (non-hydrogen) atoms. The lowest BCUT2D eigenvalue weighted by Gasteiger charge is -2.23. The van der Waals surface area contributed by atoms with Gasteiger partial charge in [-0.25, -0.2) is 9.69 Å². The molecule has 0 saturated carbocycles. The van der Waals surface area contributed by atoms with E-state index < -0.39 is 11.7 Å². The van der Waals surface area contributed by atoms with E-state index in [1.54, 1.807) is 45.0 Å². The van der Waals surface area contributed by atoms with Crippen LogP contribution in [-0.2, 0) is 4.74 Å². The fraction of sp³-hybridized carbons (Fsp3) is 0.385. The Kier molecular flexibility index (Phi) is 3.89. The van der Waals surface area contributed by atoms with E-state index in [1.807, 2.05) is 6.07 Å². The molecule has 92 valence electrons. The average Bonchev–Trinajstić information content (AvgIpc) is 2.26. The van der Waals surface area contributed by atoms with Gasteiger partial charge in [0, 0.05) is 12.6 Å². The van der Waals surface area contributed by atoms with Gasteiger partial charge in [0.2, 0.25) is 0 Å². The number of nitrogens with zero attached hydrogens (tertiary/aromatic N) is 1. The predicted octanol–water partition coefficient (Wildman–Crippen LogP) is 2.69. The number of benzene rings is 1. The molecule has 0 fully saturated rings. The van der Waals surface area contributed by atoms with Crippen LogP contribution in [0.1, 0.15) is 31.1 Å². The average molecular weight is 235 g/mol. The van der Waals surface area contributed by atoms with Gasteiger partial charge in [0.25, 0.3) is 5.91 Å². The summed E-state index contributed by atoms with van der Waals surface area (Å²) in [7, 11) is 1.41. The van der Waals surface area contributed by atoms with Gasteiger partial charge in [-0.3, -0.25) is 4.79 Å². The highest BCUT2D eigenvalue weighted by atomic mass is 16.6. The zero-order valence-electron chi connectivity index (χ0n) is 10.6. The molecule has 0 heterocycles. The summed E-state index contributed by atoms with van der Waals surface area (Å²) in [6.07, 6.45) is -0.647. The SMILES string of the molecule is CN(C(=O)OC(C)(C)C)C(=O)c1ccccc1. The van der Waals surface area contributed by atoms with Crippen LogP contribution in [0.5, 0.6) is 0 Å². The number of hydrogen-bond acceptors (Lipinski definition) is 3. The molecule has 0 aliphatic heterocycles. The summed E-state index contributed by atoms with van der Waals surface area (Å²) < 4.78 is 5.11. The second kappa shape index (κ2) is 4.99. The first-order valence-corrected chi connectivity index (χ1v) is 5.37. The summed E-state index contributed by atoms with van der Waals surface area (Å²) in [6, 6.07) is 8.61. The van der Waals surface area contributed by atoms with Crippen LogP contribution in [0.15, 0.2) is 30.3 Å². The van der Waals surface area contributed by atoms with Gasteiger partial charge >= 0.3 is 6.09 Å². The summed E-state index contributed by atoms with van der Waals surface area (Å²) in [4.78, 5) is 24.5. The maximum absolute atomic E-state index is 11.9. The first-order valence-electron chi connectivity index (χ1n) is 5.37. The molecule has 0 aliphatic carbocycles. The van der Waals surface area contributed by atoms with Crippen LogP contribution < -0.4 is 0 Å². The van der Waals surface area contributed by atoms with Crippen LogP contribution in [-0.4, -0.2) is 29.5 Å². The molecule has 4 nitrogen and oxygen atoms in total. The minimum atomic E-state index is -0.647. The predicted molar refractivity (Wildman–Crippen MR) is 64.8 cm³/mol.